The monoisotopic (exact) mass is 474 g/mol. The van der Waals surface area contributed by atoms with Gasteiger partial charge in [0.25, 0.3) is 0 Å². The fourth-order valence-electron chi connectivity index (χ4n) is 3.74. The molecule has 0 amide bonds. The van der Waals surface area contributed by atoms with E-state index in [2.05, 4.69) is 22.0 Å². The van der Waals surface area contributed by atoms with E-state index in [0.29, 0.717) is 12.6 Å². The summed E-state index contributed by atoms with van der Waals surface area (Å²) in [6, 6.07) is 5.92. The van der Waals surface area contributed by atoms with Gasteiger partial charge in [-0.1, -0.05) is 0 Å². The maximum Gasteiger partial charge on any atom is 0.194 e. The van der Waals surface area contributed by atoms with Crippen LogP contribution in [0.4, 0.5) is 0 Å². The van der Waals surface area contributed by atoms with E-state index in [1.165, 1.54) is 32.4 Å². The Kier molecular flexibility index (Phi) is 8.27. The molecule has 0 radical (unpaired) electrons. The van der Waals surface area contributed by atoms with Crippen molar-refractivity contribution in [3.05, 3.63) is 23.8 Å². The van der Waals surface area contributed by atoms with Crippen molar-refractivity contribution in [2.24, 2.45) is 4.99 Å². The third kappa shape index (κ3) is 5.16. The first kappa shape index (κ1) is 21.1. The molecule has 0 saturated carbocycles. The minimum atomic E-state index is 0. The summed E-state index contributed by atoms with van der Waals surface area (Å²) in [6.07, 6.45) is 3.87. The third-order valence-electron chi connectivity index (χ3n) is 5.14. The van der Waals surface area contributed by atoms with Crippen molar-refractivity contribution in [3.8, 4) is 11.5 Å². The van der Waals surface area contributed by atoms with Crippen molar-refractivity contribution in [2.45, 2.75) is 38.8 Å². The van der Waals surface area contributed by atoms with Gasteiger partial charge in [-0.2, -0.15) is 0 Å². The highest BCUT2D eigenvalue weighted by molar-refractivity contribution is 14.0. The van der Waals surface area contributed by atoms with Crippen LogP contribution >= 0.6 is 24.0 Å². The predicted octanol–water partition coefficient (Wildman–Crippen LogP) is 2.65. The van der Waals surface area contributed by atoms with Crippen LogP contribution in [0.3, 0.4) is 0 Å². The van der Waals surface area contributed by atoms with E-state index < -0.39 is 0 Å². The van der Waals surface area contributed by atoms with Crippen LogP contribution in [0.1, 0.15) is 31.7 Å². The zero-order valence-electron chi connectivity index (χ0n) is 15.8. The molecule has 0 aromatic heterocycles. The molecule has 1 atom stereocenters. The molecule has 7 heteroatoms. The molecule has 2 N–H and O–H groups in total. The first-order chi connectivity index (χ1) is 12.2. The lowest BCUT2D eigenvalue weighted by atomic mass is 10.2. The van der Waals surface area contributed by atoms with Gasteiger partial charge in [0.05, 0.1) is 13.7 Å². The number of hydrogen-bond donors (Lipinski definition) is 2. The Balaban J connectivity index is 0.00000243. The van der Waals surface area contributed by atoms with Gasteiger partial charge in [0.2, 0.25) is 0 Å². The van der Waals surface area contributed by atoms with Gasteiger partial charge in [0.15, 0.2) is 5.96 Å². The van der Waals surface area contributed by atoms with Crippen LogP contribution in [-0.4, -0.2) is 66.7 Å². The smallest absolute Gasteiger partial charge is 0.194 e. The molecule has 0 aliphatic carbocycles. The molecule has 1 unspecified atom stereocenters. The largest absolute Gasteiger partial charge is 0.508 e. The molecule has 3 rings (SSSR count). The van der Waals surface area contributed by atoms with Crippen LogP contribution < -0.4 is 10.1 Å². The van der Waals surface area contributed by atoms with Gasteiger partial charge in [0.1, 0.15) is 11.5 Å². The van der Waals surface area contributed by atoms with Crippen molar-refractivity contribution in [1.82, 2.24) is 15.1 Å². The van der Waals surface area contributed by atoms with E-state index in [4.69, 9.17) is 9.73 Å². The Morgan fingerprint density at radius 3 is 2.77 bits per heavy atom. The molecule has 2 saturated heterocycles. The molecule has 146 valence electrons. The fourth-order valence-corrected chi connectivity index (χ4v) is 3.74. The number of nitrogens with zero attached hydrogens (tertiary/aromatic N) is 3. The van der Waals surface area contributed by atoms with E-state index in [1.807, 2.05) is 6.07 Å². The molecule has 2 fully saturated rings. The van der Waals surface area contributed by atoms with Crippen LogP contribution in [0.25, 0.3) is 0 Å². The topological polar surface area (TPSA) is 60.3 Å². The number of ether oxygens (including phenoxy) is 1. The van der Waals surface area contributed by atoms with Gasteiger partial charge in [-0.25, -0.2) is 4.99 Å². The minimum absolute atomic E-state index is 0. The second-order valence-corrected chi connectivity index (χ2v) is 6.80. The molecular formula is C19H31IN4O2. The van der Waals surface area contributed by atoms with E-state index in [1.54, 1.807) is 19.2 Å². The van der Waals surface area contributed by atoms with E-state index in [9.17, 15) is 5.11 Å². The number of guanidine groups is 1. The molecule has 2 aliphatic heterocycles. The highest BCUT2D eigenvalue weighted by Crippen LogP contribution is 2.24. The normalized spacial score (nSPS) is 20.9. The summed E-state index contributed by atoms with van der Waals surface area (Å²) in [5.41, 5.74) is 0.782. The van der Waals surface area contributed by atoms with E-state index in [0.717, 1.165) is 36.9 Å². The van der Waals surface area contributed by atoms with Gasteiger partial charge in [-0.15, -0.1) is 24.0 Å². The number of hydrogen-bond acceptors (Lipinski definition) is 4. The lowest BCUT2D eigenvalue weighted by molar-refractivity contribution is 0.249. The number of phenolic OH excluding ortho intramolecular Hbond substituents is 1. The van der Waals surface area contributed by atoms with Gasteiger partial charge < -0.3 is 20.1 Å². The SMILES string of the molecule is CCNC(=NCc1cc(OC)ccc1O)N1CCC(N2CCCC2)C1.I. The van der Waals surface area contributed by atoms with Crippen LogP contribution in [0.2, 0.25) is 0 Å². The van der Waals surface area contributed by atoms with Crippen LogP contribution in [0.5, 0.6) is 11.5 Å². The van der Waals surface area contributed by atoms with Crippen molar-refractivity contribution in [1.29, 1.82) is 0 Å². The molecule has 26 heavy (non-hydrogen) atoms. The highest BCUT2D eigenvalue weighted by atomic mass is 127. The van der Waals surface area contributed by atoms with Crippen molar-refractivity contribution >= 4 is 29.9 Å². The zero-order valence-corrected chi connectivity index (χ0v) is 18.1. The number of rotatable bonds is 5. The van der Waals surface area contributed by atoms with E-state index >= 15 is 0 Å². The lowest BCUT2D eigenvalue weighted by Crippen LogP contribution is -2.42. The predicted molar refractivity (Wildman–Crippen MR) is 116 cm³/mol. The molecular weight excluding hydrogens is 443 g/mol. The first-order valence-electron chi connectivity index (χ1n) is 9.34. The molecule has 0 spiro atoms. The minimum Gasteiger partial charge on any atom is -0.508 e. The first-order valence-corrected chi connectivity index (χ1v) is 9.34. The number of likely N-dealkylation sites (tertiary alicyclic amines) is 2. The third-order valence-corrected chi connectivity index (χ3v) is 5.14. The molecule has 1 aromatic rings. The van der Waals surface area contributed by atoms with E-state index in [-0.39, 0.29) is 29.7 Å². The summed E-state index contributed by atoms with van der Waals surface area (Å²) in [5.74, 6) is 1.94. The number of methoxy groups -OCH3 is 1. The van der Waals surface area contributed by atoms with Crippen molar-refractivity contribution in [2.75, 3.05) is 39.8 Å². The Morgan fingerprint density at radius 1 is 1.31 bits per heavy atom. The van der Waals surface area contributed by atoms with Crippen LogP contribution in [-0.2, 0) is 6.54 Å². The summed E-state index contributed by atoms with van der Waals surface area (Å²) in [4.78, 5) is 9.73. The molecule has 2 heterocycles. The van der Waals surface area contributed by atoms with Gasteiger partial charge >= 0.3 is 0 Å². The molecule has 1 aromatic carbocycles. The zero-order chi connectivity index (χ0) is 17.6. The second kappa shape index (κ2) is 10.2. The standard InChI is InChI=1S/C19H30N4O2.HI/c1-3-20-19(21-13-15-12-17(25-2)6-7-18(15)24)23-11-8-16(14-23)22-9-4-5-10-22;/h6-7,12,16,24H,3-5,8-11,13-14H2,1-2H3,(H,20,21);1H. The number of aliphatic imine (C=N–C) groups is 1. The summed E-state index contributed by atoms with van der Waals surface area (Å²) in [5, 5.41) is 13.5. The fraction of sp³-hybridized carbons (Fsp3) is 0.632. The number of benzene rings is 1. The molecule has 0 bridgehead atoms. The Labute approximate surface area is 173 Å². The van der Waals surface area contributed by atoms with Crippen LogP contribution in [0.15, 0.2) is 23.2 Å². The Hall–Kier alpha value is -1.22. The maximum absolute atomic E-state index is 10.1. The number of nitrogens with one attached hydrogen (secondary N) is 1. The summed E-state index contributed by atoms with van der Waals surface area (Å²) >= 11 is 0. The average molecular weight is 474 g/mol. The van der Waals surface area contributed by atoms with Gasteiger partial charge in [-0.3, -0.25) is 4.90 Å². The quantitative estimate of drug-likeness (QED) is 0.391. The molecule has 2 aliphatic rings. The Morgan fingerprint density at radius 2 is 2.08 bits per heavy atom. The Bertz CT molecular complexity index is 605. The number of aromatic hydroxyl groups is 1. The molecule has 6 nitrogen and oxygen atoms in total. The van der Waals surface area contributed by atoms with Crippen molar-refractivity contribution < 1.29 is 9.84 Å². The number of halogens is 1. The number of phenols is 1. The average Bonchev–Trinajstić information content (AvgIpc) is 3.31. The highest BCUT2D eigenvalue weighted by Gasteiger charge is 2.30. The van der Waals surface area contributed by atoms with Gasteiger partial charge in [-0.05, 0) is 57.5 Å². The maximum atomic E-state index is 10.1. The second-order valence-electron chi connectivity index (χ2n) is 6.80. The summed E-state index contributed by atoms with van der Waals surface area (Å²) in [6.45, 7) is 7.93. The van der Waals surface area contributed by atoms with Crippen molar-refractivity contribution in [3.63, 3.8) is 0 Å². The van der Waals surface area contributed by atoms with Crippen LogP contribution in [0, 0.1) is 0 Å². The van der Waals surface area contributed by atoms with Gasteiger partial charge in [0, 0.05) is 31.2 Å². The summed E-state index contributed by atoms with van der Waals surface area (Å²) in [7, 11) is 1.63. The summed E-state index contributed by atoms with van der Waals surface area (Å²) < 4.78 is 5.24. The lowest BCUT2D eigenvalue weighted by Gasteiger charge is -2.25.